The highest BCUT2D eigenvalue weighted by Gasteiger charge is 2.03. The van der Waals surface area contributed by atoms with Gasteiger partial charge < -0.3 is 10.4 Å². The quantitative estimate of drug-likeness (QED) is 0.861. The van der Waals surface area contributed by atoms with E-state index in [1.807, 2.05) is 31.2 Å². The minimum atomic E-state index is 0.219. The van der Waals surface area contributed by atoms with Gasteiger partial charge in [0.1, 0.15) is 11.8 Å². The zero-order chi connectivity index (χ0) is 13.7. The third-order valence-corrected chi connectivity index (χ3v) is 3.15. The molecule has 1 aromatic heterocycles. The number of nitrogens with zero attached hydrogens (tertiary/aromatic N) is 2. The zero-order valence-electron chi connectivity index (χ0n) is 10.9. The van der Waals surface area contributed by atoms with E-state index < -0.39 is 0 Å². The third-order valence-electron chi connectivity index (χ3n) is 3.15. The summed E-state index contributed by atoms with van der Waals surface area (Å²) < 4.78 is 0. The highest BCUT2D eigenvalue weighted by atomic mass is 16.3. The van der Waals surface area contributed by atoms with Gasteiger partial charge in [0.15, 0.2) is 0 Å². The number of aromatic nitrogens is 1. The summed E-state index contributed by atoms with van der Waals surface area (Å²) in [5, 5.41) is 23.2. The Morgan fingerprint density at radius 2 is 2.26 bits per heavy atom. The van der Waals surface area contributed by atoms with Gasteiger partial charge in [-0.05, 0) is 42.0 Å². The van der Waals surface area contributed by atoms with Crippen LogP contribution in [0.1, 0.15) is 19.0 Å². The van der Waals surface area contributed by atoms with E-state index in [1.165, 1.54) is 0 Å². The molecule has 98 valence electrons. The van der Waals surface area contributed by atoms with Gasteiger partial charge in [0.25, 0.3) is 0 Å². The van der Waals surface area contributed by atoms with Crippen molar-refractivity contribution in [3.63, 3.8) is 0 Å². The fourth-order valence-corrected chi connectivity index (χ4v) is 1.93. The van der Waals surface area contributed by atoms with Crippen LogP contribution in [-0.4, -0.2) is 23.2 Å². The molecule has 1 atom stereocenters. The van der Waals surface area contributed by atoms with Gasteiger partial charge in [0, 0.05) is 30.4 Å². The molecule has 4 heteroatoms. The Balaban J connectivity index is 2.12. The summed E-state index contributed by atoms with van der Waals surface area (Å²) in [6.07, 6.45) is 2.58. The Hall–Kier alpha value is -2.12. The lowest BCUT2D eigenvalue weighted by atomic mass is 10.1. The molecule has 0 aliphatic heterocycles. The molecule has 1 unspecified atom stereocenters. The molecule has 2 aromatic rings. The van der Waals surface area contributed by atoms with Gasteiger partial charge >= 0.3 is 0 Å². The van der Waals surface area contributed by atoms with E-state index in [9.17, 15) is 0 Å². The number of rotatable bonds is 5. The summed E-state index contributed by atoms with van der Waals surface area (Å²) in [6.45, 7) is 3.06. The van der Waals surface area contributed by atoms with Crippen molar-refractivity contribution in [3.05, 3.63) is 36.2 Å². The first-order valence-electron chi connectivity index (χ1n) is 6.38. The predicted molar refractivity (Wildman–Crippen MR) is 75.8 cm³/mol. The topological polar surface area (TPSA) is 68.9 Å². The van der Waals surface area contributed by atoms with Gasteiger partial charge in [-0.3, -0.25) is 0 Å². The lowest BCUT2D eigenvalue weighted by Gasteiger charge is -2.10. The molecule has 2 N–H and O–H groups in total. The molecule has 0 radical (unpaired) electrons. The second-order valence-corrected chi connectivity index (χ2v) is 4.71. The number of anilines is 1. The fraction of sp³-hybridized carbons (Fsp3) is 0.333. The number of fused-ring (bicyclic) bond motifs is 1. The lowest BCUT2D eigenvalue weighted by molar-refractivity contribution is 0.233. The molecular formula is C15H17N3O. The van der Waals surface area contributed by atoms with Gasteiger partial charge in [-0.1, -0.05) is 6.92 Å². The van der Waals surface area contributed by atoms with Crippen LogP contribution in [0.5, 0.6) is 0 Å². The van der Waals surface area contributed by atoms with Gasteiger partial charge in [-0.2, -0.15) is 5.26 Å². The summed E-state index contributed by atoms with van der Waals surface area (Å²) in [7, 11) is 0. The highest BCUT2D eigenvalue weighted by Crippen LogP contribution is 2.21. The number of hydrogen-bond donors (Lipinski definition) is 2. The summed E-state index contributed by atoms with van der Waals surface area (Å²) in [6, 6.07) is 9.88. The maximum Gasteiger partial charge on any atom is 0.148 e. The number of aliphatic hydroxyl groups is 1. The Bertz CT molecular complexity index is 604. The number of nitriles is 1. The largest absolute Gasteiger partial charge is 0.396 e. The van der Waals surface area contributed by atoms with Crippen molar-refractivity contribution in [2.45, 2.75) is 13.3 Å². The van der Waals surface area contributed by atoms with E-state index in [4.69, 9.17) is 10.4 Å². The first-order chi connectivity index (χ1) is 9.24. The van der Waals surface area contributed by atoms with Crippen molar-refractivity contribution in [1.29, 1.82) is 5.26 Å². The van der Waals surface area contributed by atoms with E-state index in [0.717, 1.165) is 29.4 Å². The Morgan fingerprint density at radius 1 is 1.42 bits per heavy atom. The third kappa shape index (κ3) is 3.21. The number of benzene rings is 1. The molecule has 0 aliphatic rings. The number of aliphatic hydroxyl groups excluding tert-OH is 1. The molecule has 0 saturated heterocycles. The summed E-state index contributed by atoms with van der Waals surface area (Å²) in [4.78, 5) is 4.04. The SMILES string of the molecule is CC(CO)CCNc1ccc2c(C#N)nccc2c1. The van der Waals surface area contributed by atoms with Gasteiger partial charge in [-0.25, -0.2) is 4.98 Å². The number of nitrogens with one attached hydrogen (secondary N) is 1. The normalized spacial score (nSPS) is 12.1. The first kappa shape index (κ1) is 13.3. The van der Waals surface area contributed by atoms with Crippen LogP contribution < -0.4 is 5.32 Å². The van der Waals surface area contributed by atoms with Crippen molar-refractivity contribution in [1.82, 2.24) is 4.98 Å². The molecule has 0 amide bonds. The van der Waals surface area contributed by atoms with E-state index in [2.05, 4.69) is 16.4 Å². The second kappa shape index (κ2) is 6.17. The Morgan fingerprint density at radius 3 is 3.00 bits per heavy atom. The molecular weight excluding hydrogens is 238 g/mol. The molecule has 2 rings (SSSR count). The van der Waals surface area contributed by atoms with E-state index >= 15 is 0 Å². The molecule has 0 saturated carbocycles. The molecule has 0 spiro atoms. The van der Waals surface area contributed by atoms with E-state index in [0.29, 0.717) is 11.6 Å². The fourth-order valence-electron chi connectivity index (χ4n) is 1.93. The van der Waals surface area contributed by atoms with Crippen LogP contribution in [-0.2, 0) is 0 Å². The minimum Gasteiger partial charge on any atom is -0.396 e. The summed E-state index contributed by atoms with van der Waals surface area (Å²) >= 11 is 0. The molecule has 1 heterocycles. The van der Waals surface area contributed by atoms with E-state index in [-0.39, 0.29) is 6.61 Å². The van der Waals surface area contributed by atoms with Crippen LogP contribution in [0.15, 0.2) is 30.5 Å². The van der Waals surface area contributed by atoms with Crippen molar-refractivity contribution in [3.8, 4) is 6.07 Å². The Kier molecular flexibility index (Phi) is 4.32. The molecule has 0 aliphatic carbocycles. The monoisotopic (exact) mass is 255 g/mol. The van der Waals surface area contributed by atoms with Gasteiger partial charge in [-0.15, -0.1) is 0 Å². The van der Waals surface area contributed by atoms with Crippen LogP contribution in [0, 0.1) is 17.2 Å². The number of pyridine rings is 1. The standard InChI is InChI=1S/C15H17N3O/c1-11(10-19)4-6-17-13-2-3-14-12(8-13)5-7-18-15(14)9-16/h2-3,5,7-8,11,17,19H,4,6,10H2,1H3. The Labute approximate surface area is 112 Å². The summed E-state index contributed by atoms with van der Waals surface area (Å²) in [5.41, 5.74) is 1.48. The van der Waals surface area contributed by atoms with Crippen molar-refractivity contribution >= 4 is 16.5 Å². The van der Waals surface area contributed by atoms with Gasteiger partial charge in [0.05, 0.1) is 0 Å². The molecule has 19 heavy (non-hydrogen) atoms. The van der Waals surface area contributed by atoms with Crippen LogP contribution >= 0.6 is 0 Å². The van der Waals surface area contributed by atoms with Crippen LogP contribution in [0.4, 0.5) is 5.69 Å². The molecule has 0 fully saturated rings. The average Bonchev–Trinajstić information content (AvgIpc) is 2.46. The lowest BCUT2D eigenvalue weighted by Crippen LogP contribution is -2.09. The smallest absolute Gasteiger partial charge is 0.148 e. The van der Waals surface area contributed by atoms with Gasteiger partial charge in [0.2, 0.25) is 0 Å². The maximum absolute atomic E-state index is 8.98. The van der Waals surface area contributed by atoms with Crippen molar-refractivity contribution < 1.29 is 5.11 Å². The highest BCUT2D eigenvalue weighted by molar-refractivity contribution is 5.88. The van der Waals surface area contributed by atoms with Crippen LogP contribution in [0.25, 0.3) is 10.8 Å². The molecule has 4 nitrogen and oxygen atoms in total. The van der Waals surface area contributed by atoms with Crippen molar-refractivity contribution in [2.75, 3.05) is 18.5 Å². The molecule has 1 aromatic carbocycles. The second-order valence-electron chi connectivity index (χ2n) is 4.71. The summed E-state index contributed by atoms with van der Waals surface area (Å²) in [5.74, 6) is 0.308. The minimum absolute atomic E-state index is 0.219. The first-order valence-corrected chi connectivity index (χ1v) is 6.38. The predicted octanol–water partition coefficient (Wildman–Crippen LogP) is 2.54. The van der Waals surface area contributed by atoms with Crippen LogP contribution in [0.2, 0.25) is 0 Å². The van der Waals surface area contributed by atoms with Crippen LogP contribution in [0.3, 0.4) is 0 Å². The average molecular weight is 255 g/mol. The van der Waals surface area contributed by atoms with Crippen molar-refractivity contribution in [2.24, 2.45) is 5.92 Å². The zero-order valence-corrected chi connectivity index (χ0v) is 10.9. The molecule has 0 bridgehead atoms. The number of hydrogen-bond acceptors (Lipinski definition) is 4. The maximum atomic E-state index is 8.98. The van der Waals surface area contributed by atoms with E-state index in [1.54, 1.807) is 6.20 Å².